The number of carbonyl (C=O) groups is 3. The Kier molecular flexibility index (Phi) is 5.92. The zero-order chi connectivity index (χ0) is 21.3. The van der Waals surface area contributed by atoms with E-state index in [1.54, 1.807) is 17.0 Å². The Bertz CT molecular complexity index is 929. The quantitative estimate of drug-likeness (QED) is 0.754. The molecule has 0 saturated carbocycles. The molecular formula is C21H24N4O4S. The largest absolute Gasteiger partial charge is 0.368 e. The minimum atomic E-state index is -0.688. The van der Waals surface area contributed by atoms with Crippen LogP contribution in [0.4, 0.5) is 0 Å². The van der Waals surface area contributed by atoms with E-state index in [-0.39, 0.29) is 36.2 Å². The van der Waals surface area contributed by atoms with Crippen molar-refractivity contribution in [3.05, 3.63) is 35.2 Å². The van der Waals surface area contributed by atoms with E-state index in [0.717, 1.165) is 11.3 Å². The first-order valence-electron chi connectivity index (χ1n) is 10.1. The van der Waals surface area contributed by atoms with Gasteiger partial charge in [0, 0.05) is 23.1 Å². The standard InChI is InChI=1S/C21H24N4O4S/c1-12(2)9-15(21(28)25-8-7-18-19(25)17(26)10-29-18)22-20(27)14-5-3-13(4-6-14)16-11-30-24-23-16/h3-6,11-12,15,18-19H,7-10H2,1-2H3,(H,22,27)/t15-,18?,19?/m0/s1. The number of Topliss-reactive ketones (excluding diaryl/α,β-unsaturated/α-hetero) is 1. The first-order chi connectivity index (χ1) is 14.4. The summed E-state index contributed by atoms with van der Waals surface area (Å²) in [4.78, 5) is 39.8. The molecule has 0 radical (unpaired) electrons. The van der Waals surface area contributed by atoms with E-state index in [9.17, 15) is 14.4 Å². The highest BCUT2D eigenvalue weighted by molar-refractivity contribution is 7.03. The highest BCUT2D eigenvalue weighted by Gasteiger charge is 2.48. The lowest BCUT2D eigenvalue weighted by molar-refractivity contribution is -0.138. The van der Waals surface area contributed by atoms with Crippen LogP contribution in [0.3, 0.4) is 0 Å². The number of nitrogens with zero attached hydrogens (tertiary/aromatic N) is 3. The van der Waals surface area contributed by atoms with E-state index in [2.05, 4.69) is 14.9 Å². The molecule has 0 spiro atoms. The summed E-state index contributed by atoms with van der Waals surface area (Å²) in [5.74, 6) is -0.393. The summed E-state index contributed by atoms with van der Waals surface area (Å²) in [5.41, 5.74) is 2.09. The van der Waals surface area contributed by atoms with Crippen LogP contribution in [0, 0.1) is 5.92 Å². The lowest BCUT2D eigenvalue weighted by atomic mass is 10.0. The number of rotatable bonds is 6. The summed E-state index contributed by atoms with van der Waals surface area (Å²) < 4.78 is 9.33. The molecule has 1 N–H and O–H groups in total. The highest BCUT2D eigenvalue weighted by Crippen LogP contribution is 2.28. The van der Waals surface area contributed by atoms with Crippen molar-refractivity contribution in [3.63, 3.8) is 0 Å². The van der Waals surface area contributed by atoms with E-state index >= 15 is 0 Å². The maximum absolute atomic E-state index is 13.2. The molecule has 3 atom stereocenters. The molecule has 2 aromatic rings. The van der Waals surface area contributed by atoms with Crippen LogP contribution in [-0.4, -0.2) is 63.4 Å². The molecule has 8 nitrogen and oxygen atoms in total. The fourth-order valence-electron chi connectivity index (χ4n) is 4.06. The van der Waals surface area contributed by atoms with Crippen LogP contribution < -0.4 is 5.32 Å². The van der Waals surface area contributed by atoms with Crippen molar-refractivity contribution in [2.75, 3.05) is 13.2 Å². The predicted molar refractivity (Wildman–Crippen MR) is 111 cm³/mol. The maximum atomic E-state index is 13.2. The topological polar surface area (TPSA) is 101 Å². The van der Waals surface area contributed by atoms with Gasteiger partial charge < -0.3 is 15.0 Å². The third-order valence-electron chi connectivity index (χ3n) is 5.51. The minimum absolute atomic E-state index is 0.0567. The van der Waals surface area contributed by atoms with Crippen molar-refractivity contribution >= 4 is 29.1 Å². The zero-order valence-electron chi connectivity index (χ0n) is 16.9. The number of hydrogen-bond acceptors (Lipinski definition) is 7. The Labute approximate surface area is 178 Å². The second kappa shape index (κ2) is 8.61. The molecule has 1 aromatic heterocycles. The van der Waals surface area contributed by atoms with Crippen LogP contribution in [0.5, 0.6) is 0 Å². The molecule has 2 fully saturated rings. The molecule has 30 heavy (non-hydrogen) atoms. The van der Waals surface area contributed by atoms with Crippen molar-refractivity contribution < 1.29 is 19.1 Å². The summed E-state index contributed by atoms with van der Waals surface area (Å²) in [5, 5.41) is 8.74. The Balaban J connectivity index is 1.48. The number of likely N-dealkylation sites (tertiary alicyclic amines) is 1. The lowest BCUT2D eigenvalue weighted by Gasteiger charge is -2.28. The zero-order valence-corrected chi connectivity index (χ0v) is 17.7. The Morgan fingerprint density at radius 1 is 1.30 bits per heavy atom. The first-order valence-corrected chi connectivity index (χ1v) is 10.9. The van der Waals surface area contributed by atoms with Gasteiger partial charge >= 0.3 is 0 Å². The van der Waals surface area contributed by atoms with E-state index in [1.165, 1.54) is 11.5 Å². The number of ketones is 1. The summed E-state index contributed by atoms with van der Waals surface area (Å²) in [7, 11) is 0. The molecule has 0 bridgehead atoms. The summed E-state index contributed by atoms with van der Waals surface area (Å²) in [6, 6.07) is 5.83. The van der Waals surface area contributed by atoms with E-state index < -0.39 is 12.1 Å². The van der Waals surface area contributed by atoms with E-state index in [4.69, 9.17) is 4.74 Å². The number of fused-ring (bicyclic) bond motifs is 1. The number of carbonyl (C=O) groups excluding carboxylic acids is 3. The number of aromatic nitrogens is 2. The SMILES string of the molecule is CC(C)C[C@H](NC(=O)c1ccc(-c2csnn2)cc1)C(=O)N1CCC2OCC(=O)C21. The molecule has 3 heterocycles. The van der Waals surface area contributed by atoms with Gasteiger partial charge in [-0.25, -0.2) is 0 Å². The van der Waals surface area contributed by atoms with Crippen LogP contribution in [0.15, 0.2) is 29.6 Å². The maximum Gasteiger partial charge on any atom is 0.251 e. The Hall–Kier alpha value is -2.65. The Morgan fingerprint density at radius 2 is 2.07 bits per heavy atom. The monoisotopic (exact) mass is 428 g/mol. The molecular weight excluding hydrogens is 404 g/mol. The highest BCUT2D eigenvalue weighted by atomic mass is 32.1. The van der Waals surface area contributed by atoms with Crippen molar-refractivity contribution in [1.29, 1.82) is 0 Å². The van der Waals surface area contributed by atoms with Gasteiger partial charge in [0.25, 0.3) is 5.91 Å². The number of nitrogens with one attached hydrogen (secondary N) is 1. The average Bonchev–Trinajstić information content (AvgIpc) is 3.46. The molecule has 2 aliphatic rings. The average molecular weight is 429 g/mol. The van der Waals surface area contributed by atoms with Crippen LogP contribution in [0.2, 0.25) is 0 Å². The van der Waals surface area contributed by atoms with Gasteiger partial charge in [0.05, 0.1) is 6.10 Å². The second-order valence-electron chi connectivity index (χ2n) is 8.10. The molecule has 158 valence electrons. The number of benzene rings is 1. The van der Waals surface area contributed by atoms with Gasteiger partial charge in [0.1, 0.15) is 24.4 Å². The number of amides is 2. The van der Waals surface area contributed by atoms with Gasteiger partial charge in [-0.1, -0.05) is 30.5 Å². The van der Waals surface area contributed by atoms with E-state index in [1.807, 2.05) is 31.4 Å². The predicted octanol–water partition coefficient (Wildman–Crippen LogP) is 1.92. The second-order valence-corrected chi connectivity index (χ2v) is 8.71. The van der Waals surface area contributed by atoms with Crippen molar-refractivity contribution in [3.8, 4) is 11.3 Å². The first kappa shape index (κ1) is 20.6. The number of ether oxygens (including phenoxy) is 1. The molecule has 2 amide bonds. The van der Waals surface area contributed by atoms with Crippen molar-refractivity contribution in [2.45, 2.75) is 44.9 Å². The van der Waals surface area contributed by atoms with Crippen molar-refractivity contribution in [2.24, 2.45) is 5.92 Å². The third-order valence-corrected chi connectivity index (χ3v) is 6.01. The molecule has 1 aromatic carbocycles. The normalized spacial score (nSPS) is 21.7. The molecule has 2 aliphatic heterocycles. The smallest absolute Gasteiger partial charge is 0.251 e. The van der Waals surface area contributed by atoms with Gasteiger partial charge in [0.15, 0.2) is 5.78 Å². The number of hydrogen-bond donors (Lipinski definition) is 1. The van der Waals surface area contributed by atoms with Gasteiger partial charge in [-0.2, -0.15) is 0 Å². The summed E-state index contributed by atoms with van der Waals surface area (Å²) in [6.07, 6.45) is 0.928. The molecule has 2 unspecified atom stereocenters. The van der Waals surface area contributed by atoms with Crippen LogP contribution in [0.1, 0.15) is 37.0 Å². The fourth-order valence-corrected chi connectivity index (χ4v) is 4.52. The third kappa shape index (κ3) is 4.13. The molecule has 2 saturated heterocycles. The lowest BCUT2D eigenvalue weighted by Crippen LogP contribution is -2.52. The van der Waals surface area contributed by atoms with Crippen molar-refractivity contribution in [1.82, 2.24) is 19.8 Å². The van der Waals surface area contributed by atoms with Gasteiger partial charge in [-0.3, -0.25) is 14.4 Å². The van der Waals surface area contributed by atoms with Crippen LogP contribution in [0.25, 0.3) is 11.3 Å². The minimum Gasteiger partial charge on any atom is -0.368 e. The van der Waals surface area contributed by atoms with E-state index in [0.29, 0.717) is 24.9 Å². The van der Waals surface area contributed by atoms with Crippen LogP contribution >= 0.6 is 11.5 Å². The molecule has 0 aliphatic carbocycles. The fraction of sp³-hybridized carbons (Fsp3) is 0.476. The summed E-state index contributed by atoms with van der Waals surface area (Å²) >= 11 is 1.27. The van der Waals surface area contributed by atoms with Gasteiger partial charge in [-0.15, -0.1) is 5.10 Å². The molecule has 4 rings (SSSR count). The Morgan fingerprint density at radius 3 is 2.73 bits per heavy atom. The molecule has 9 heteroatoms. The van der Waals surface area contributed by atoms with Gasteiger partial charge in [-0.05, 0) is 42.4 Å². The summed E-state index contributed by atoms with van der Waals surface area (Å²) in [6.45, 7) is 4.53. The van der Waals surface area contributed by atoms with Crippen LogP contribution in [-0.2, 0) is 14.3 Å². The van der Waals surface area contributed by atoms with Gasteiger partial charge in [0.2, 0.25) is 5.91 Å².